The number of imidazole rings is 1. The molecule has 1 aromatic carbocycles. The Morgan fingerprint density at radius 3 is 3.00 bits per heavy atom. The molecule has 0 saturated heterocycles. The molecule has 3 heterocycles. The molecule has 22 heavy (non-hydrogen) atoms. The van der Waals surface area contributed by atoms with Gasteiger partial charge < -0.3 is 9.55 Å². The summed E-state index contributed by atoms with van der Waals surface area (Å²) < 4.78 is 2.14. The van der Waals surface area contributed by atoms with E-state index in [4.69, 9.17) is 0 Å². The molecule has 112 valence electrons. The van der Waals surface area contributed by atoms with Crippen molar-refractivity contribution in [3.8, 4) is 0 Å². The predicted molar refractivity (Wildman–Crippen MR) is 88.5 cm³/mol. The first-order valence-corrected chi connectivity index (χ1v) is 8.38. The van der Waals surface area contributed by atoms with Crippen LogP contribution in [0.5, 0.6) is 0 Å². The number of thioether (sulfide) groups is 1. The number of fused-ring (bicyclic) bond motifs is 3. The summed E-state index contributed by atoms with van der Waals surface area (Å²) in [5, 5.41) is 2.17. The topological polar surface area (TPSA) is 50.7 Å². The van der Waals surface area contributed by atoms with Crippen LogP contribution in [0, 0.1) is 12.8 Å². The highest BCUT2D eigenvalue weighted by Crippen LogP contribution is 2.40. The number of aryl methyl sites for hydroxylation is 2. The first-order valence-electron chi connectivity index (χ1n) is 7.40. The van der Waals surface area contributed by atoms with E-state index >= 15 is 0 Å². The van der Waals surface area contributed by atoms with E-state index in [0.717, 1.165) is 38.6 Å². The molecule has 0 saturated carbocycles. The molecule has 5 heteroatoms. The lowest BCUT2D eigenvalue weighted by atomic mass is 9.93. The van der Waals surface area contributed by atoms with Crippen LogP contribution in [0.1, 0.15) is 21.7 Å². The SMILES string of the molecule is Cc1[nH]cnc1CC1CSc2c(c3ccccc3n2C)C1=O. The van der Waals surface area contributed by atoms with Gasteiger partial charge in [-0.2, -0.15) is 0 Å². The summed E-state index contributed by atoms with van der Waals surface area (Å²) in [5.74, 6) is 1.08. The maximum absolute atomic E-state index is 13.0. The minimum Gasteiger partial charge on any atom is -0.348 e. The molecule has 0 fully saturated rings. The number of benzene rings is 1. The monoisotopic (exact) mass is 311 g/mol. The lowest BCUT2D eigenvalue weighted by Gasteiger charge is -2.21. The van der Waals surface area contributed by atoms with Crippen molar-refractivity contribution in [3.63, 3.8) is 0 Å². The van der Waals surface area contributed by atoms with Crippen LogP contribution in [-0.4, -0.2) is 26.1 Å². The van der Waals surface area contributed by atoms with Gasteiger partial charge in [-0.15, -0.1) is 11.8 Å². The van der Waals surface area contributed by atoms with E-state index in [1.807, 2.05) is 26.1 Å². The zero-order valence-electron chi connectivity index (χ0n) is 12.6. The second-order valence-corrected chi connectivity index (χ2v) is 6.82. The average Bonchev–Trinajstić information content (AvgIpc) is 3.05. The molecule has 1 atom stereocenters. The Bertz CT molecular complexity index is 877. The fourth-order valence-corrected chi connectivity index (χ4v) is 4.49. The second kappa shape index (κ2) is 5.02. The van der Waals surface area contributed by atoms with Crippen molar-refractivity contribution in [2.24, 2.45) is 13.0 Å². The molecule has 0 aliphatic carbocycles. The van der Waals surface area contributed by atoms with Crippen LogP contribution >= 0.6 is 11.8 Å². The molecule has 0 bridgehead atoms. The van der Waals surface area contributed by atoms with E-state index < -0.39 is 0 Å². The number of nitrogens with zero attached hydrogens (tertiary/aromatic N) is 2. The standard InChI is InChI=1S/C17H17N3OS/c1-10-13(19-9-18-10)7-11-8-22-17-15(16(11)21)12-5-3-4-6-14(12)20(17)2/h3-6,9,11H,7-8H2,1-2H3,(H,18,19). The third-order valence-corrected chi connectivity index (χ3v) is 5.79. The highest BCUT2D eigenvalue weighted by Gasteiger charge is 2.33. The number of rotatable bonds is 2. The van der Waals surface area contributed by atoms with Crippen LogP contribution in [0.4, 0.5) is 0 Å². The average molecular weight is 311 g/mol. The lowest BCUT2D eigenvalue weighted by Crippen LogP contribution is -2.24. The van der Waals surface area contributed by atoms with Gasteiger partial charge >= 0.3 is 0 Å². The van der Waals surface area contributed by atoms with Crippen LogP contribution in [0.2, 0.25) is 0 Å². The van der Waals surface area contributed by atoms with Gasteiger partial charge in [0.2, 0.25) is 0 Å². The third-order valence-electron chi connectivity index (χ3n) is 4.47. The van der Waals surface area contributed by atoms with Gasteiger partial charge in [-0.3, -0.25) is 4.79 Å². The van der Waals surface area contributed by atoms with Crippen molar-refractivity contribution >= 4 is 28.4 Å². The number of aromatic amines is 1. The fourth-order valence-electron chi connectivity index (χ4n) is 3.21. The predicted octanol–water partition coefficient (Wildman–Crippen LogP) is 3.36. The van der Waals surface area contributed by atoms with Gasteiger partial charge in [-0.25, -0.2) is 4.98 Å². The van der Waals surface area contributed by atoms with Crippen LogP contribution < -0.4 is 0 Å². The van der Waals surface area contributed by atoms with E-state index in [0.29, 0.717) is 6.42 Å². The number of aromatic nitrogens is 3. The molecule has 0 amide bonds. The Morgan fingerprint density at radius 1 is 1.41 bits per heavy atom. The molecule has 1 unspecified atom stereocenters. The number of nitrogens with one attached hydrogen (secondary N) is 1. The number of H-pyrrole nitrogens is 1. The fraction of sp³-hybridized carbons (Fsp3) is 0.294. The summed E-state index contributed by atoms with van der Waals surface area (Å²) in [7, 11) is 2.04. The number of hydrogen-bond acceptors (Lipinski definition) is 3. The van der Waals surface area contributed by atoms with Gasteiger partial charge in [-0.05, 0) is 13.0 Å². The number of carbonyl (C=O) groups is 1. The summed E-state index contributed by atoms with van der Waals surface area (Å²) in [6.45, 7) is 2.01. The van der Waals surface area contributed by atoms with Crippen molar-refractivity contribution in [2.75, 3.05) is 5.75 Å². The Hall–Kier alpha value is -2.01. The number of ketones is 1. The van der Waals surface area contributed by atoms with Gasteiger partial charge in [-0.1, -0.05) is 18.2 Å². The van der Waals surface area contributed by atoms with Crippen LogP contribution in [0.3, 0.4) is 0 Å². The van der Waals surface area contributed by atoms with Crippen LogP contribution in [0.15, 0.2) is 35.6 Å². The van der Waals surface area contributed by atoms with Crippen molar-refractivity contribution in [1.82, 2.24) is 14.5 Å². The van der Waals surface area contributed by atoms with Gasteiger partial charge in [0.15, 0.2) is 5.78 Å². The largest absolute Gasteiger partial charge is 0.348 e. The minimum absolute atomic E-state index is 0.00491. The Kier molecular flexibility index (Phi) is 3.11. The molecule has 4 nitrogen and oxygen atoms in total. The van der Waals surface area contributed by atoms with E-state index in [2.05, 4.69) is 26.7 Å². The quantitative estimate of drug-likeness (QED) is 0.789. The van der Waals surface area contributed by atoms with Gasteiger partial charge in [0.25, 0.3) is 0 Å². The molecule has 3 aromatic rings. The summed E-state index contributed by atoms with van der Waals surface area (Å²) in [5.41, 5.74) is 4.08. The molecule has 1 aliphatic rings. The second-order valence-electron chi connectivity index (χ2n) is 5.81. The summed E-state index contributed by atoms with van der Waals surface area (Å²) in [6, 6.07) is 8.15. The summed E-state index contributed by atoms with van der Waals surface area (Å²) in [6.07, 6.45) is 2.41. The lowest BCUT2D eigenvalue weighted by molar-refractivity contribution is 0.0926. The van der Waals surface area contributed by atoms with Crippen LogP contribution in [0.25, 0.3) is 10.9 Å². The van der Waals surface area contributed by atoms with Crippen molar-refractivity contribution in [3.05, 3.63) is 47.5 Å². The number of Topliss-reactive ketones (excluding diaryl/α,β-unsaturated/α-hetero) is 1. The number of carbonyl (C=O) groups excluding carboxylic acids is 1. The number of hydrogen-bond donors (Lipinski definition) is 1. The number of para-hydroxylation sites is 1. The van der Waals surface area contributed by atoms with Gasteiger partial charge in [0.05, 0.1) is 22.6 Å². The highest BCUT2D eigenvalue weighted by molar-refractivity contribution is 7.99. The molecule has 4 rings (SSSR count). The van der Waals surface area contributed by atoms with E-state index in [1.165, 1.54) is 0 Å². The van der Waals surface area contributed by atoms with Gasteiger partial charge in [0, 0.05) is 41.7 Å². The first kappa shape index (κ1) is 13.6. The Morgan fingerprint density at radius 2 is 2.23 bits per heavy atom. The van der Waals surface area contributed by atoms with Crippen molar-refractivity contribution in [1.29, 1.82) is 0 Å². The smallest absolute Gasteiger partial charge is 0.170 e. The minimum atomic E-state index is 0.00491. The molecule has 2 aromatic heterocycles. The van der Waals surface area contributed by atoms with Gasteiger partial charge in [0.1, 0.15) is 0 Å². The zero-order chi connectivity index (χ0) is 15.3. The Labute approximate surface area is 132 Å². The van der Waals surface area contributed by atoms with Crippen molar-refractivity contribution in [2.45, 2.75) is 18.4 Å². The molecular formula is C17H17N3OS. The van der Waals surface area contributed by atoms with E-state index in [1.54, 1.807) is 18.1 Å². The normalized spacial score (nSPS) is 17.9. The maximum Gasteiger partial charge on any atom is 0.170 e. The van der Waals surface area contributed by atoms with Crippen LogP contribution in [-0.2, 0) is 13.5 Å². The zero-order valence-corrected chi connectivity index (χ0v) is 13.4. The van der Waals surface area contributed by atoms with E-state index in [9.17, 15) is 4.79 Å². The third kappa shape index (κ3) is 1.92. The summed E-state index contributed by atoms with van der Waals surface area (Å²) >= 11 is 1.78. The summed E-state index contributed by atoms with van der Waals surface area (Å²) in [4.78, 5) is 20.5. The molecule has 0 radical (unpaired) electrons. The molecule has 1 aliphatic heterocycles. The maximum atomic E-state index is 13.0. The molecular weight excluding hydrogens is 294 g/mol. The molecule has 0 spiro atoms. The Balaban J connectivity index is 1.77. The van der Waals surface area contributed by atoms with Crippen molar-refractivity contribution < 1.29 is 4.79 Å². The molecule has 1 N–H and O–H groups in total. The highest BCUT2D eigenvalue weighted by atomic mass is 32.2. The van der Waals surface area contributed by atoms with E-state index in [-0.39, 0.29) is 11.7 Å². The first-order chi connectivity index (χ1) is 10.7.